The van der Waals surface area contributed by atoms with Gasteiger partial charge in [0.25, 0.3) is 0 Å². The maximum Gasteiger partial charge on any atom is 0.230 e. The van der Waals surface area contributed by atoms with Crippen LogP contribution in [0.1, 0.15) is 43.9 Å². The molecule has 1 aromatic rings. The van der Waals surface area contributed by atoms with E-state index in [1.54, 1.807) is 0 Å². The van der Waals surface area contributed by atoms with Gasteiger partial charge in [-0.25, -0.2) is 0 Å². The molecule has 1 aromatic carbocycles. The smallest absolute Gasteiger partial charge is 0.230 e. The van der Waals surface area contributed by atoms with Crippen molar-refractivity contribution in [3.8, 4) is 5.75 Å². The molecule has 1 saturated heterocycles. The second-order valence-electron chi connectivity index (χ2n) is 5.80. The number of carbonyl (C=O) groups excluding carboxylic acids is 2. The zero-order valence-corrected chi connectivity index (χ0v) is 11.9. The van der Waals surface area contributed by atoms with Gasteiger partial charge in [0, 0.05) is 13.0 Å². The Bertz CT molecular complexity index is 565. The maximum absolute atomic E-state index is 11.9. The molecular formula is C16H19NO3. The number of ketones is 1. The summed E-state index contributed by atoms with van der Waals surface area (Å²) in [6, 6.07) is 5.93. The topological polar surface area (TPSA) is 46.6 Å². The number of benzene rings is 1. The Morgan fingerprint density at radius 3 is 2.85 bits per heavy atom. The van der Waals surface area contributed by atoms with Crippen LogP contribution in [-0.2, 0) is 16.0 Å². The number of amides is 1. The van der Waals surface area contributed by atoms with Crippen LogP contribution in [0.3, 0.4) is 0 Å². The summed E-state index contributed by atoms with van der Waals surface area (Å²) in [5.74, 6) is 0.881. The van der Waals surface area contributed by atoms with Crippen molar-refractivity contribution in [2.24, 2.45) is 0 Å². The predicted molar refractivity (Wildman–Crippen MR) is 74.6 cm³/mol. The van der Waals surface area contributed by atoms with E-state index in [9.17, 15) is 9.59 Å². The zero-order chi connectivity index (χ0) is 14.3. The van der Waals surface area contributed by atoms with Crippen molar-refractivity contribution in [3.05, 3.63) is 29.3 Å². The Morgan fingerprint density at radius 2 is 2.10 bits per heavy atom. The summed E-state index contributed by atoms with van der Waals surface area (Å²) in [5, 5.41) is 0. The molecule has 4 nitrogen and oxygen atoms in total. The second-order valence-corrected chi connectivity index (χ2v) is 5.80. The Morgan fingerprint density at radius 1 is 1.30 bits per heavy atom. The highest BCUT2D eigenvalue weighted by atomic mass is 16.5. The van der Waals surface area contributed by atoms with E-state index in [1.807, 2.05) is 30.9 Å². The maximum atomic E-state index is 11.9. The van der Waals surface area contributed by atoms with E-state index >= 15 is 0 Å². The molecule has 0 radical (unpaired) electrons. The predicted octanol–water partition coefficient (Wildman–Crippen LogP) is 2.26. The molecule has 0 spiro atoms. The van der Waals surface area contributed by atoms with Gasteiger partial charge in [-0.1, -0.05) is 6.07 Å². The molecule has 1 amide bonds. The molecule has 106 valence electrons. The first-order chi connectivity index (χ1) is 9.54. The standard InChI is InChI=1S/C16H19NO3/c1-10(2)20-13-3-4-14-11(7-13)5-6-17-15(14)8-12(18)9-16(17)19/h3-4,7,10,15H,5-6,8-9H2,1-2H3. The SMILES string of the molecule is CC(C)Oc1ccc2c(c1)CCN1C(=O)CC(=O)CC21. The Balaban J connectivity index is 1.92. The van der Waals surface area contributed by atoms with Crippen LogP contribution in [0.5, 0.6) is 5.75 Å². The molecule has 1 atom stereocenters. The number of hydrogen-bond donors (Lipinski definition) is 0. The van der Waals surface area contributed by atoms with E-state index in [1.165, 1.54) is 5.56 Å². The van der Waals surface area contributed by atoms with E-state index in [4.69, 9.17) is 4.74 Å². The number of Topliss-reactive ketones (excluding diaryl/α,β-unsaturated/α-hetero) is 1. The molecular weight excluding hydrogens is 254 g/mol. The number of nitrogens with zero attached hydrogens (tertiary/aromatic N) is 1. The fourth-order valence-electron chi connectivity index (χ4n) is 3.11. The monoisotopic (exact) mass is 273 g/mol. The normalized spacial score (nSPS) is 21.8. The van der Waals surface area contributed by atoms with Gasteiger partial charge in [0.05, 0.1) is 18.6 Å². The van der Waals surface area contributed by atoms with Crippen molar-refractivity contribution >= 4 is 11.7 Å². The molecule has 4 heteroatoms. The van der Waals surface area contributed by atoms with Crippen LogP contribution in [0, 0.1) is 0 Å². The summed E-state index contributed by atoms with van der Waals surface area (Å²) in [5.41, 5.74) is 2.31. The lowest BCUT2D eigenvalue weighted by Gasteiger charge is -2.40. The van der Waals surface area contributed by atoms with Crippen molar-refractivity contribution in [2.45, 2.75) is 45.3 Å². The summed E-state index contributed by atoms with van der Waals surface area (Å²) in [6.45, 7) is 4.70. The van der Waals surface area contributed by atoms with Gasteiger partial charge >= 0.3 is 0 Å². The van der Waals surface area contributed by atoms with Crippen LogP contribution in [0.25, 0.3) is 0 Å². The Hall–Kier alpha value is -1.84. The average Bonchev–Trinajstić information content (AvgIpc) is 2.37. The molecule has 20 heavy (non-hydrogen) atoms. The van der Waals surface area contributed by atoms with Crippen LogP contribution in [-0.4, -0.2) is 29.2 Å². The molecule has 0 aliphatic carbocycles. The van der Waals surface area contributed by atoms with Crippen molar-refractivity contribution < 1.29 is 14.3 Å². The molecule has 0 saturated carbocycles. The number of piperidine rings is 1. The minimum atomic E-state index is -0.0689. The molecule has 2 heterocycles. The average molecular weight is 273 g/mol. The van der Waals surface area contributed by atoms with Crippen molar-refractivity contribution in [1.29, 1.82) is 0 Å². The molecule has 0 N–H and O–H groups in total. The molecule has 3 rings (SSSR count). The van der Waals surface area contributed by atoms with Gasteiger partial charge in [0.1, 0.15) is 11.5 Å². The molecule has 1 fully saturated rings. The van der Waals surface area contributed by atoms with E-state index in [0.717, 1.165) is 17.7 Å². The third-order valence-corrected chi connectivity index (χ3v) is 3.93. The summed E-state index contributed by atoms with van der Waals surface area (Å²) in [7, 11) is 0. The van der Waals surface area contributed by atoms with Crippen molar-refractivity contribution in [2.75, 3.05) is 6.54 Å². The van der Waals surface area contributed by atoms with Crippen molar-refractivity contribution in [1.82, 2.24) is 4.90 Å². The van der Waals surface area contributed by atoms with Gasteiger partial charge in [0.15, 0.2) is 0 Å². The molecule has 2 aliphatic heterocycles. The van der Waals surface area contributed by atoms with Crippen LogP contribution in [0.15, 0.2) is 18.2 Å². The van der Waals surface area contributed by atoms with Gasteiger partial charge in [-0.3, -0.25) is 9.59 Å². The first kappa shape index (κ1) is 13.2. The van der Waals surface area contributed by atoms with Crippen LogP contribution < -0.4 is 4.74 Å². The Kier molecular flexibility index (Phi) is 3.24. The molecule has 1 unspecified atom stereocenters. The number of hydrogen-bond acceptors (Lipinski definition) is 3. The zero-order valence-electron chi connectivity index (χ0n) is 11.9. The minimum Gasteiger partial charge on any atom is -0.491 e. The van der Waals surface area contributed by atoms with Gasteiger partial charge in [0.2, 0.25) is 5.91 Å². The lowest BCUT2D eigenvalue weighted by atomic mass is 9.86. The van der Waals surface area contributed by atoms with Gasteiger partial charge in [-0.2, -0.15) is 0 Å². The highest BCUT2D eigenvalue weighted by molar-refractivity contribution is 6.01. The van der Waals surface area contributed by atoms with Gasteiger partial charge in [-0.15, -0.1) is 0 Å². The highest BCUT2D eigenvalue weighted by Gasteiger charge is 2.37. The highest BCUT2D eigenvalue weighted by Crippen LogP contribution is 2.37. The minimum absolute atomic E-state index is 0.0283. The largest absolute Gasteiger partial charge is 0.491 e. The van der Waals surface area contributed by atoms with Crippen LogP contribution in [0.2, 0.25) is 0 Å². The summed E-state index contributed by atoms with van der Waals surface area (Å²) < 4.78 is 5.71. The third kappa shape index (κ3) is 2.30. The van der Waals surface area contributed by atoms with E-state index in [0.29, 0.717) is 13.0 Å². The Labute approximate surface area is 118 Å². The first-order valence-corrected chi connectivity index (χ1v) is 7.15. The summed E-state index contributed by atoms with van der Waals surface area (Å²) in [4.78, 5) is 25.5. The van der Waals surface area contributed by atoms with E-state index < -0.39 is 0 Å². The fraction of sp³-hybridized carbons (Fsp3) is 0.500. The lowest BCUT2D eigenvalue weighted by Crippen LogP contribution is -2.45. The van der Waals surface area contributed by atoms with E-state index in [-0.39, 0.29) is 30.3 Å². The number of rotatable bonds is 2. The fourth-order valence-corrected chi connectivity index (χ4v) is 3.11. The first-order valence-electron chi connectivity index (χ1n) is 7.15. The van der Waals surface area contributed by atoms with Crippen LogP contribution in [0.4, 0.5) is 0 Å². The molecule has 0 aromatic heterocycles. The van der Waals surface area contributed by atoms with Crippen LogP contribution >= 0.6 is 0 Å². The van der Waals surface area contributed by atoms with Gasteiger partial charge < -0.3 is 9.64 Å². The molecule has 2 aliphatic rings. The quantitative estimate of drug-likeness (QED) is 0.776. The van der Waals surface area contributed by atoms with Gasteiger partial charge in [-0.05, 0) is 43.5 Å². The third-order valence-electron chi connectivity index (χ3n) is 3.93. The van der Waals surface area contributed by atoms with E-state index in [2.05, 4.69) is 6.07 Å². The molecule has 0 bridgehead atoms. The summed E-state index contributed by atoms with van der Waals surface area (Å²) >= 11 is 0. The number of fused-ring (bicyclic) bond motifs is 3. The summed E-state index contributed by atoms with van der Waals surface area (Å²) in [6.07, 6.45) is 1.50. The number of carbonyl (C=O) groups is 2. The second kappa shape index (κ2) is 4.93. The number of ether oxygens (including phenoxy) is 1. The lowest BCUT2D eigenvalue weighted by molar-refractivity contribution is -0.143. The van der Waals surface area contributed by atoms with Crippen molar-refractivity contribution in [3.63, 3.8) is 0 Å².